The Morgan fingerprint density at radius 3 is 1.77 bits per heavy atom. The van der Waals surface area contributed by atoms with Gasteiger partial charge in [0.2, 0.25) is 0 Å². The van der Waals surface area contributed by atoms with E-state index < -0.39 is 0 Å². The minimum atomic E-state index is -0.275. The van der Waals surface area contributed by atoms with Crippen molar-refractivity contribution in [3.8, 4) is 56.2 Å². The van der Waals surface area contributed by atoms with Gasteiger partial charge in [0.1, 0.15) is 0 Å². The van der Waals surface area contributed by atoms with E-state index in [9.17, 15) is 4.79 Å². The van der Waals surface area contributed by atoms with Crippen LogP contribution in [0.1, 0.15) is 25.0 Å². The zero-order valence-electron chi connectivity index (χ0n) is 32.2. The molecule has 0 fully saturated rings. The summed E-state index contributed by atoms with van der Waals surface area (Å²) in [7, 11) is 3.64. The first-order valence-corrected chi connectivity index (χ1v) is 19.5. The summed E-state index contributed by atoms with van der Waals surface area (Å²) in [4.78, 5) is 23.3. The van der Waals surface area contributed by atoms with Gasteiger partial charge in [-0.05, 0) is 96.0 Å². The van der Waals surface area contributed by atoms with Gasteiger partial charge in [0, 0.05) is 36.2 Å². The van der Waals surface area contributed by atoms with E-state index in [2.05, 4.69) is 147 Å². The minimum absolute atomic E-state index is 0.0362. The van der Waals surface area contributed by atoms with E-state index >= 15 is 0 Å². The van der Waals surface area contributed by atoms with Crippen molar-refractivity contribution in [1.29, 1.82) is 0 Å². The van der Waals surface area contributed by atoms with Crippen molar-refractivity contribution in [1.82, 2.24) is 19.1 Å². The molecule has 2 aromatic heterocycles. The summed E-state index contributed by atoms with van der Waals surface area (Å²) < 4.78 is 3.40. The monoisotopic (exact) mass is 734 g/mol. The molecular weight excluding hydrogens is 697 g/mol. The van der Waals surface area contributed by atoms with E-state index in [4.69, 9.17) is 9.97 Å². The fourth-order valence-electron chi connectivity index (χ4n) is 9.53. The van der Waals surface area contributed by atoms with Crippen LogP contribution < -0.4 is 5.69 Å². The number of rotatable bonds is 4. The molecule has 57 heavy (non-hydrogen) atoms. The van der Waals surface area contributed by atoms with E-state index in [0.717, 1.165) is 55.6 Å². The van der Waals surface area contributed by atoms with Crippen LogP contribution in [0, 0.1) is 0 Å². The van der Waals surface area contributed by atoms with Crippen molar-refractivity contribution in [2.45, 2.75) is 19.3 Å². The Labute approximate surface area is 330 Å². The summed E-state index contributed by atoms with van der Waals surface area (Å²) >= 11 is 0. The Morgan fingerprint density at radius 1 is 0.456 bits per heavy atom. The fraction of sp³-hybridized carbons (Fsp3) is 0.0962. The third-order valence-corrected chi connectivity index (χ3v) is 12.3. The Kier molecular flexibility index (Phi) is 7.11. The van der Waals surface area contributed by atoms with Crippen molar-refractivity contribution in [3.05, 3.63) is 179 Å². The van der Waals surface area contributed by atoms with Gasteiger partial charge in [0.25, 0.3) is 0 Å². The van der Waals surface area contributed by atoms with Gasteiger partial charge in [-0.3, -0.25) is 9.13 Å². The van der Waals surface area contributed by atoms with Crippen LogP contribution in [-0.4, -0.2) is 19.1 Å². The van der Waals surface area contributed by atoms with E-state index in [1.54, 1.807) is 9.13 Å². The number of nitrogens with zero attached hydrogens (tertiary/aromatic N) is 4. The van der Waals surface area contributed by atoms with Gasteiger partial charge in [-0.1, -0.05) is 141 Å². The van der Waals surface area contributed by atoms with Gasteiger partial charge in [-0.2, -0.15) is 0 Å². The first-order chi connectivity index (χ1) is 27.8. The van der Waals surface area contributed by atoms with Crippen molar-refractivity contribution in [3.63, 3.8) is 0 Å². The minimum Gasteiger partial charge on any atom is -0.295 e. The highest BCUT2D eigenvalue weighted by atomic mass is 16.1. The van der Waals surface area contributed by atoms with Crippen molar-refractivity contribution in [2.24, 2.45) is 14.1 Å². The standard InChI is InChI=1S/C52H38N4O/c1-52(2)42-29-41(37-21-9-11-22-38(37)47(42)48-39-23-12-8-19-35(39)36-20-10-13-24-40(36)49(48)52)44-30-43(53-50(54-44)31-15-6-5-7-16-31)34-18-14-17-32(27-34)33-25-26-45-46(28-33)56(4)51(57)55(45)3/h5-30H,1-4H3. The molecule has 0 saturated heterocycles. The molecule has 8 aromatic carbocycles. The van der Waals surface area contributed by atoms with Gasteiger partial charge >= 0.3 is 5.69 Å². The SMILES string of the molecule is Cn1c(=O)n(C)c2cc(-c3cccc(-c4cc(-c5cc6c(c7ccccc57)-c5c(c7ccccc7c7ccccc57)C6(C)C)nc(-c5ccccc5)n4)c3)ccc21. The number of fused-ring (bicyclic) bond motifs is 11. The van der Waals surface area contributed by atoms with E-state index in [0.29, 0.717) is 5.82 Å². The van der Waals surface area contributed by atoms with E-state index in [-0.39, 0.29) is 11.1 Å². The molecule has 0 radical (unpaired) electrons. The second-order valence-electron chi connectivity index (χ2n) is 15.9. The molecule has 0 atom stereocenters. The molecule has 0 N–H and O–H groups in total. The summed E-state index contributed by atoms with van der Waals surface area (Å²) in [5.74, 6) is 0.679. The van der Waals surface area contributed by atoms with Crippen molar-refractivity contribution < 1.29 is 0 Å². The van der Waals surface area contributed by atoms with E-state index in [1.165, 1.54) is 49.2 Å². The lowest BCUT2D eigenvalue weighted by atomic mass is 9.78. The summed E-state index contributed by atoms with van der Waals surface area (Å²) in [6, 6.07) is 56.2. The van der Waals surface area contributed by atoms with Gasteiger partial charge in [0.05, 0.1) is 22.4 Å². The third kappa shape index (κ3) is 4.85. The van der Waals surface area contributed by atoms with Crippen molar-refractivity contribution in [2.75, 3.05) is 0 Å². The number of hydrogen-bond acceptors (Lipinski definition) is 3. The van der Waals surface area contributed by atoms with Crippen LogP contribution in [0.15, 0.2) is 163 Å². The maximum absolute atomic E-state index is 12.7. The topological polar surface area (TPSA) is 52.7 Å². The second kappa shape index (κ2) is 12.2. The zero-order chi connectivity index (χ0) is 38.6. The highest BCUT2D eigenvalue weighted by molar-refractivity contribution is 6.22. The molecule has 0 amide bonds. The molecular formula is C52H38N4O. The highest BCUT2D eigenvalue weighted by Crippen LogP contribution is 2.57. The molecule has 5 heteroatoms. The lowest BCUT2D eigenvalue weighted by molar-refractivity contribution is 0.667. The third-order valence-electron chi connectivity index (χ3n) is 12.3. The predicted octanol–water partition coefficient (Wildman–Crippen LogP) is 12.1. The predicted molar refractivity (Wildman–Crippen MR) is 236 cm³/mol. The Balaban J connectivity index is 1.15. The van der Waals surface area contributed by atoms with Gasteiger partial charge in [-0.15, -0.1) is 0 Å². The Bertz CT molecular complexity index is 3370. The van der Waals surface area contributed by atoms with Crippen LogP contribution in [0.4, 0.5) is 0 Å². The summed E-state index contributed by atoms with van der Waals surface area (Å²) in [5, 5.41) is 7.57. The largest absolute Gasteiger partial charge is 0.328 e. The molecule has 0 spiro atoms. The summed E-state index contributed by atoms with van der Waals surface area (Å²) in [5.41, 5.74) is 13.7. The average molecular weight is 735 g/mol. The molecule has 2 heterocycles. The molecule has 272 valence electrons. The van der Waals surface area contributed by atoms with Gasteiger partial charge in [0.15, 0.2) is 5.82 Å². The molecule has 10 aromatic rings. The molecule has 1 aliphatic carbocycles. The Hall–Kier alpha value is -7.11. The maximum Gasteiger partial charge on any atom is 0.328 e. The van der Waals surface area contributed by atoms with Gasteiger partial charge in [-0.25, -0.2) is 14.8 Å². The quantitative estimate of drug-likeness (QED) is 0.169. The first kappa shape index (κ1) is 33.2. The lowest BCUT2D eigenvalue weighted by Crippen LogP contribution is -2.19. The van der Waals surface area contributed by atoms with Crippen molar-refractivity contribution >= 4 is 43.4 Å². The van der Waals surface area contributed by atoms with Crippen LogP contribution in [-0.2, 0) is 19.5 Å². The van der Waals surface area contributed by atoms with Crippen LogP contribution >= 0.6 is 0 Å². The van der Waals surface area contributed by atoms with Crippen LogP contribution in [0.25, 0.3) is 99.5 Å². The van der Waals surface area contributed by atoms with Crippen LogP contribution in [0.3, 0.4) is 0 Å². The van der Waals surface area contributed by atoms with Crippen LogP contribution in [0.5, 0.6) is 0 Å². The Morgan fingerprint density at radius 2 is 1.02 bits per heavy atom. The van der Waals surface area contributed by atoms with Crippen LogP contribution in [0.2, 0.25) is 0 Å². The number of aryl methyl sites for hydroxylation is 2. The number of imidazole rings is 1. The number of benzene rings is 8. The molecule has 1 aliphatic rings. The molecule has 0 unspecified atom stereocenters. The number of hydrogen-bond donors (Lipinski definition) is 0. The summed E-state index contributed by atoms with van der Waals surface area (Å²) in [6.07, 6.45) is 0. The second-order valence-corrected chi connectivity index (χ2v) is 15.9. The normalized spacial score (nSPS) is 13.1. The molecule has 5 nitrogen and oxygen atoms in total. The molecule has 11 rings (SSSR count). The van der Waals surface area contributed by atoms with E-state index in [1.807, 2.05) is 38.4 Å². The smallest absolute Gasteiger partial charge is 0.295 e. The highest BCUT2D eigenvalue weighted by Gasteiger charge is 2.40. The first-order valence-electron chi connectivity index (χ1n) is 19.5. The zero-order valence-corrected chi connectivity index (χ0v) is 32.2. The summed E-state index contributed by atoms with van der Waals surface area (Å²) in [6.45, 7) is 4.77. The lowest BCUT2D eigenvalue weighted by Gasteiger charge is -2.24. The maximum atomic E-state index is 12.7. The molecule has 0 bridgehead atoms. The number of aromatic nitrogens is 4. The molecule has 0 saturated carbocycles. The van der Waals surface area contributed by atoms with Gasteiger partial charge < -0.3 is 0 Å². The average Bonchev–Trinajstić information content (AvgIpc) is 3.64. The fourth-order valence-corrected chi connectivity index (χ4v) is 9.53. The molecule has 0 aliphatic heterocycles.